The molecule has 0 spiro atoms. The molecule has 0 radical (unpaired) electrons. The van der Waals surface area contributed by atoms with E-state index >= 15 is 0 Å². The summed E-state index contributed by atoms with van der Waals surface area (Å²) < 4.78 is 12.8. The molecule has 2 rings (SSSR count). The van der Waals surface area contributed by atoms with Gasteiger partial charge in [-0.1, -0.05) is 13.8 Å². The van der Waals surface area contributed by atoms with E-state index in [1.54, 1.807) is 12.1 Å². The summed E-state index contributed by atoms with van der Waals surface area (Å²) in [6.07, 6.45) is 1.24. The van der Waals surface area contributed by atoms with Crippen LogP contribution in [0.1, 0.15) is 30.6 Å². The second-order valence-electron chi connectivity index (χ2n) is 5.57. The molecule has 1 aromatic carbocycles. The van der Waals surface area contributed by atoms with Crippen LogP contribution in [0.25, 0.3) is 0 Å². The van der Waals surface area contributed by atoms with Crippen molar-refractivity contribution in [1.82, 2.24) is 4.90 Å². The number of carbonyl (C=O) groups is 1. The van der Waals surface area contributed by atoms with Crippen LogP contribution in [-0.2, 0) is 0 Å². The molecule has 0 bridgehead atoms. The highest BCUT2D eigenvalue weighted by Gasteiger charge is 2.23. The molecule has 1 aliphatic heterocycles. The number of hydrogen-bond donors (Lipinski definition) is 0. The number of hydrogen-bond acceptors (Lipinski definition) is 2. The number of likely N-dealkylation sites (tertiary alicyclic amines) is 1. The lowest BCUT2D eigenvalue weighted by Gasteiger charge is -2.34. The van der Waals surface area contributed by atoms with Crippen molar-refractivity contribution in [3.05, 3.63) is 35.6 Å². The maximum absolute atomic E-state index is 12.8. The lowest BCUT2D eigenvalue weighted by Crippen LogP contribution is -2.41. The molecule has 1 heterocycles. The Kier molecular flexibility index (Phi) is 4.12. The van der Waals surface area contributed by atoms with Crippen LogP contribution in [0, 0.1) is 17.7 Å². The van der Waals surface area contributed by atoms with Crippen LogP contribution in [0.3, 0.4) is 0 Å². The fourth-order valence-corrected chi connectivity index (χ4v) is 2.85. The summed E-state index contributed by atoms with van der Waals surface area (Å²) in [7, 11) is 0. The molecule has 1 saturated heterocycles. The highest BCUT2D eigenvalue weighted by Crippen LogP contribution is 2.21. The van der Waals surface area contributed by atoms with Crippen molar-refractivity contribution in [2.24, 2.45) is 11.8 Å². The Morgan fingerprint density at radius 3 is 2.33 bits per heavy atom. The molecule has 2 atom stereocenters. The minimum atomic E-state index is -0.299. The molecule has 0 saturated carbocycles. The quantitative estimate of drug-likeness (QED) is 0.768. The first kappa shape index (κ1) is 13.2. The molecule has 0 amide bonds. The molecular formula is C15H20FNO. The van der Waals surface area contributed by atoms with E-state index in [1.165, 1.54) is 18.6 Å². The maximum atomic E-state index is 12.8. The van der Waals surface area contributed by atoms with Crippen molar-refractivity contribution in [3.63, 3.8) is 0 Å². The topological polar surface area (TPSA) is 20.3 Å². The van der Waals surface area contributed by atoms with Crippen LogP contribution in [0.4, 0.5) is 4.39 Å². The first-order valence-electron chi connectivity index (χ1n) is 6.55. The lowest BCUT2D eigenvalue weighted by molar-refractivity contribution is 0.0849. The number of Topliss-reactive ketones (excluding diaryl/α,β-unsaturated/α-hetero) is 1. The molecule has 0 aromatic heterocycles. The van der Waals surface area contributed by atoms with Gasteiger partial charge in [0.05, 0.1) is 6.54 Å². The fraction of sp³-hybridized carbons (Fsp3) is 0.533. The van der Waals surface area contributed by atoms with Gasteiger partial charge in [-0.25, -0.2) is 4.39 Å². The minimum absolute atomic E-state index is 0.0799. The van der Waals surface area contributed by atoms with E-state index < -0.39 is 0 Å². The van der Waals surface area contributed by atoms with Crippen LogP contribution in [0.15, 0.2) is 24.3 Å². The van der Waals surface area contributed by atoms with Crippen molar-refractivity contribution in [2.45, 2.75) is 20.3 Å². The van der Waals surface area contributed by atoms with E-state index in [9.17, 15) is 9.18 Å². The number of nitrogens with zero attached hydrogens (tertiary/aromatic N) is 1. The van der Waals surface area contributed by atoms with Gasteiger partial charge in [-0.05, 0) is 42.5 Å². The lowest BCUT2D eigenvalue weighted by atomic mass is 9.91. The van der Waals surface area contributed by atoms with Crippen molar-refractivity contribution in [2.75, 3.05) is 19.6 Å². The van der Waals surface area contributed by atoms with Crippen molar-refractivity contribution in [3.8, 4) is 0 Å². The number of rotatable bonds is 3. The van der Waals surface area contributed by atoms with E-state index in [0.29, 0.717) is 23.9 Å². The summed E-state index contributed by atoms with van der Waals surface area (Å²) in [6, 6.07) is 5.81. The largest absolute Gasteiger partial charge is 0.295 e. The molecule has 0 aliphatic carbocycles. The number of benzene rings is 1. The van der Waals surface area contributed by atoms with E-state index in [4.69, 9.17) is 0 Å². The zero-order chi connectivity index (χ0) is 13.1. The van der Waals surface area contributed by atoms with Crippen LogP contribution < -0.4 is 0 Å². The average molecular weight is 249 g/mol. The Labute approximate surface area is 108 Å². The molecule has 98 valence electrons. The summed E-state index contributed by atoms with van der Waals surface area (Å²) in [6.45, 7) is 6.87. The Morgan fingerprint density at radius 2 is 1.78 bits per heavy atom. The van der Waals surface area contributed by atoms with E-state index in [2.05, 4.69) is 18.7 Å². The van der Waals surface area contributed by atoms with Gasteiger partial charge in [0.15, 0.2) is 5.78 Å². The van der Waals surface area contributed by atoms with Gasteiger partial charge < -0.3 is 0 Å². The Bertz CT molecular complexity index is 405. The third-order valence-electron chi connectivity index (χ3n) is 3.48. The first-order chi connectivity index (χ1) is 8.54. The van der Waals surface area contributed by atoms with E-state index in [-0.39, 0.29) is 11.6 Å². The molecule has 0 N–H and O–H groups in total. The van der Waals surface area contributed by atoms with E-state index in [0.717, 1.165) is 13.1 Å². The monoisotopic (exact) mass is 249 g/mol. The Hall–Kier alpha value is -1.22. The zero-order valence-corrected chi connectivity index (χ0v) is 11.0. The first-order valence-corrected chi connectivity index (χ1v) is 6.55. The molecular weight excluding hydrogens is 229 g/mol. The summed E-state index contributed by atoms with van der Waals surface area (Å²) in [5, 5.41) is 0. The standard InChI is InChI=1S/C15H20FNO/c1-11-7-12(2)9-17(8-11)10-15(18)13-3-5-14(16)6-4-13/h3-6,11-12H,7-10H2,1-2H3. The number of ketones is 1. The van der Waals surface area contributed by atoms with Crippen LogP contribution in [0.5, 0.6) is 0 Å². The summed E-state index contributed by atoms with van der Waals surface area (Å²) in [5.41, 5.74) is 0.599. The predicted octanol–water partition coefficient (Wildman–Crippen LogP) is 2.99. The third kappa shape index (κ3) is 3.39. The van der Waals surface area contributed by atoms with Gasteiger partial charge in [-0.3, -0.25) is 9.69 Å². The smallest absolute Gasteiger partial charge is 0.176 e. The van der Waals surface area contributed by atoms with Crippen LogP contribution in [0.2, 0.25) is 0 Å². The average Bonchev–Trinajstić information content (AvgIpc) is 2.28. The SMILES string of the molecule is CC1CC(C)CN(CC(=O)c2ccc(F)cc2)C1. The fourth-order valence-electron chi connectivity index (χ4n) is 2.85. The molecule has 1 fully saturated rings. The summed E-state index contributed by atoms with van der Waals surface area (Å²) >= 11 is 0. The number of piperidine rings is 1. The number of carbonyl (C=O) groups excluding carboxylic acids is 1. The molecule has 2 unspecified atom stereocenters. The highest BCUT2D eigenvalue weighted by atomic mass is 19.1. The van der Waals surface area contributed by atoms with Crippen molar-refractivity contribution >= 4 is 5.78 Å². The molecule has 1 aromatic rings. The van der Waals surface area contributed by atoms with Crippen LogP contribution in [-0.4, -0.2) is 30.3 Å². The number of halogens is 1. The summed E-state index contributed by atoms with van der Waals surface area (Å²) in [4.78, 5) is 14.3. The maximum Gasteiger partial charge on any atom is 0.176 e. The predicted molar refractivity (Wildman–Crippen MR) is 70.1 cm³/mol. The van der Waals surface area contributed by atoms with Gasteiger partial charge in [0.25, 0.3) is 0 Å². The van der Waals surface area contributed by atoms with Crippen molar-refractivity contribution < 1.29 is 9.18 Å². The minimum Gasteiger partial charge on any atom is -0.295 e. The summed E-state index contributed by atoms with van der Waals surface area (Å²) in [5.74, 6) is 1.08. The van der Waals surface area contributed by atoms with Gasteiger partial charge >= 0.3 is 0 Å². The molecule has 2 nitrogen and oxygen atoms in total. The van der Waals surface area contributed by atoms with Gasteiger partial charge in [-0.2, -0.15) is 0 Å². The van der Waals surface area contributed by atoms with Crippen LogP contribution >= 0.6 is 0 Å². The molecule has 1 aliphatic rings. The van der Waals surface area contributed by atoms with Crippen molar-refractivity contribution in [1.29, 1.82) is 0 Å². The van der Waals surface area contributed by atoms with Gasteiger partial charge in [0.1, 0.15) is 5.82 Å². The molecule has 3 heteroatoms. The van der Waals surface area contributed by atoms with Gasteiger partial charge in [0, 0.05) is 18.7 Å². The Morgan fingerprint density at radius 1 is 1.22 bits per heavy atom. The third-order valence-corrected chi connectivity index (χ3v) is 3.48. The molecule has 18 heavy (non-hydrogen) atoms. The second kappa shape index (κ2) is 5.61. The normalized spacial score (nSPS) is 25.1. The van der Waals surface area contributed by atoms with Gasteiger partial charge in [-0.15, -0.1) is 0 Å². The van der Waals surface area contributed by atoms with E-state index in [1.807, 2.05) is 0 Å². The highest BCUT2D eigenvalue weighted by molar-refractivity contribution is 5.97. The van der Waals surface area contributed by atoms with Gasteiger partial charge in [0.2, 0.25) is 0 Å². The Balaban J connectivity index is 1.96. The zero-order valence-electron chi connectivity index (χ0n) is 11.0. The second-order valence-corrected chi connectivity index (χ2v) is 5.57.